The lowest BCUT2D eigenvalue weighted by molar-refractivity contribution is 0.387. The number of sulfonamides is 1. The van der Waals surface area contributed by atoms with Crippen LogP contribution >= 0.6 is 0 Å². The minimum atomic E-state index is -3.71. The number of hydrogen-bond donors (Lipinski definition) is 1. The number of anilines is 1. The predicted octanol–water partition coefficient (Wildman–Crippen LogP) is 4.42. The third-order valence-electron chi connectivity index (χ3n) is 4.79. The number of nitrogens with zero attached hydrogens (tertiary/aromatic N) is 1. The molecule has 1 N–H and O–H groups in total. The number of nitrogens with one attached hydrogen (secondary N) is 1. The molecule has 1 saturated carbocycles. The van der Waals surface area contributed by atoms with E-state index in [1.807, 2.05) is 6.92 Å². The number of aryl methyl sites for hydroxylation is 1. The van der Waals surface area contributed by atoms with E-state index in [2.05, 4.69) is 9.88 Å². The molecule has 1 aromatic carbocycles. The van der Waals surface area contributed by atoms with Gasteiger partial charge in [-0.15, -0.1) is 0 Å². The normalized spacial score (nSPS) is 16.1. The Morgan fingerprint density at radius 1 is 1.24 bits per heavy atom. The number of halogens is 1. The molecule has 1 aromatic heterocycles. The molecule has 0 spiro atoms. The summed E-state index contributed by atoms with van der Waals surface area (Å²) < 4.78 is 46.1. The molecular formula is C18H23FN2O3S. The van der Waals surface area contributed by atoms with Gasteiger partial charge in [-0.3, -0.25) is 4.72 Å². The van der Waals surface area contributed by atoms with Gasteiger partial charge in [0.15, 0.2) is 0 Å². The summed E-state index contributed by atoms with van der Waals surface area (Å²) in [6, 6.07) is 4.43. The molecule has 136 valence electrons. The molecule has 3 rings (SSSR count). The van der Waals surface area contributed by atoms with Crippen LogP contribution in [-0.4, -0.2) is 13.6 Å². The van der Waals surface area contributed by atoms with Crippen LogP contribution in [0.15, 0.2) is 22.7 Å². The summed E-state index contributed by atoms with van der Waals surface area (Å²) in [6.45, 7) is 3.46. The first-order valence-electron chi connectivity index (χ1n) is 8.57. The summed E-state index contributed by atoms with van der Waals surface area (Å²) in [4.78, 5) is 0. The van der Waals surface area contributed by atoms with Gasteiger partial charge in [0.05, 0.1) is 11.4 Å². The Bertz CT molecular complexity index is 855. The SMILES string of the molecule is Cc1ccc(CS(=O)(=O)Nc2onc(C3CCCCC3)c2C)cc1F. The first kappa shape index (κ1) is 17.9. The molecule has 0 saturated heterocycles. The molecule has 25 heavy (non-hydrogen) atoms. The molecule has 1 heterocycles. The van der Waals surface area contributed by atoms with Crippen molar-refractivity contribution in [3.8, 4) is 0 Å². The van der Waals surface area contributed by atoms with Gasteiger partial charge in [0, 0.05) is 11.5 Å². The topological polar surface area (TPSA) is 72.2 Å². The van der Waals surface area contributed by atoms with Crippen molar-refractivity contribution in [3.63, 3.8) is 0 Å². The summed E-state index contributed by atoms with van der Waals surface area (Å²) in [5.41, 5.74) is 2.46. The second-order valence-corrected chi connectivity index (χ2v) is 8.52. The number of aromatic nitrogens is 1. The first-order valence-corrected chi connectivity index (χ1v) is 10.2. The maximum absolute atomic E-state index is 13.6. The monoisotopic (exact) mass is 366 g/mol. The van der Waals surface area contributed by atoms with Crippen LogP contribution in [0.4, 0.5) is 10.3 Å². The highest BCUT2D eigenvalue weighted by atomic mass is 32.2. The van der Waals surface area contributed by atoms with Crippen molar-refractivity contribution in [2.75, 3.05) is 4.72 Å². The summed E-state index contributed by atoms with van der Waals surface area (Å²) in [7, 11) is -3.71. The lowest BCUT2D eigenvalue weighted by atomic mass is 9.86. The van der Waals surface area contributed by atoms with Gasteiger partial charge in [0.1, 0.15) is 5.82 Å². The minimum Gasteiger partial charge on any atom is -0.337 e. The van der Waals surface area contributed by atoms with E-state index in [0.29, 0.717) is 17.0 Å². The van der Waals surface area contributed by atoms with Crippen LogP contribution < -0.4 is 4.72 Å². The Kier molecular flexibility index (Phi) is 5.13. The zero-order valence-electron chi connectivity index (χ0n) is 14.5. The average Bonchev–Trinajstić information content (AvgIpc) is 2.92. The summed E-state index contributed by atoms with van der Waals surface area (Å²) >= 11 is 0. The molecule has 0 bridgehead atoms. The third kappa shape index (κ3) is 4.21. The average molecular weight is 366 g/mol. The van der Waals surface area contributed by atoms with Gasteiger partial charge in [0.2, 0.25) is 15.9 Å². The molecule has 1 fully saturated rings. The van der Waals surface area contributed by atoms with Crippen LogP contribution in [0.25, 0.3) is 0 Å². The highest BCUT2D eigenvalue weighted by Gasteiger charge is 2.25. The van der Waals surface area contributed by atoms with Crippen molar-refractivity contribution < 1.29 is 17.3 Å². The van der Waals surface area contributed by atoms with Gasteiger partial charge in [0.25, 0.3) is 0 Å². The molecule has 0 unspecified atom stereocenters. The molecule has 7 heteroatoms. The van der Waals surface area contributed by atoms with Crippen molar-refractivity contribution in [1.82, 2.24) is 5.16 Å². The van der Waals surface area contributed by atoms with Crippen molar-refractivity contribution >= 4 is 15.9 Å². The molecular weight excluding hydrogens is 343 g/mol. The molecule has 1 aliphatic carbocycles. The second-order valence-electron chi connectivity index (χ2n) is 6.80. The van der Waals surface area contributed by atoms with Gasteiger partial charge in [-0.2, -0.15) is 0 Å². The molecule has 5 nitrogen and oxygen atoms in total. The zero-order chi connectivity index (χ0) is 18.0. The summed E-state index contributed by atoms with van der Waals surface area (Å²) in [5, 5.41) is 4.09. The van der Waals surface area contributed by atoms with Gasteiger partial charge in [-0.05, 0) is 43.9 Å². The summed E-state index contributed by atoms with van der Waals surface area (Å²) in [6.07, 6.45) is 5.68. The van der Waals surface area contributed by atoms with E-state index >= 15 is 0 Å². The van der Waals surface area contributed by atoms with Crippen molar-refractivity contribution in [2.45, 2.75) is 57.6 Å². The van der Waals surface area contributed by atoms with Crippen LogP contribution in [0, 0.1) is 19.7 Å². The van der Waals surface area contributed by atoms with Gasteiger partial charge in [-0.25, -0.2) is 12.8 Å². The first-order chi connectivity index (χ1) is 11.9. The quantitative estimate of drug-likeness (QED) is 0.850. The Hall–Kier alpha value is -1.89. The van der Waals surface area contributed by atoms with Crippen LogP contribution in [-0.2, 0) is 15.8 Å². The van der Waals surface area contributed by atoms with Crippen LogP contribution in [0.1, 0.15) is 60.4 Å². The van der Waals surface area contributed by atoms with E-state index in [-0.39, 0.29) is 11.6 Å². The van der Waals surface area contributed by atoms with Crippen molar-refractivity contribution in [1.29, 1.82) is 0 Å². The van der Waals surface area contributed by atoms with Crippen molar-refractivity contribution in [3.05, 3.63) is 46.4 Å². The molecule has 0 radical (unpaired) electrons. The Morgan fingerprint density at radius 2 is 1.96 bits per heavy atom. The Labute approximate surface area is 147 Å². The van der Waals surface area contributed by atoms with E-state index in [1.54, 1.807) is 19.1 Å². The molecule has 1 aliphatic rings. The maximum Gasteiger partial charge on any atom is 0.241 e. The standard InChI is InChI=1S/C18H23FN2O3S/c1-12-8-9-14(10-16(12)19)11-25(22,23)21-18-13(2)17(20-24-18)15-6-4-3-5-7-15/h8-10,15,21H,3-7,11H2,1-2H3. The fourth-order valence-electron chi connectivity index (χ4n) is 3.32. The predicted molar refractivity (Wildman–Crippen MR) is 94.4 cm³/mol. The van der Waals surface area contributed by atoms with Gasteiger partial charge >= 0.3 is 0 Å². The highest BCUT2D eigenvalue weighted by molar-refractivity contribution is 7.91. The lowest BCUT2D eigenvalue weighted by Crippen LogP contribution is -2.15. The highest BCUT2D eigenvalue weighted by Crippen LogP contribution is 2.36. The third-order valence-corrected chi connectivity index (χ3v) is 6.00. The van der Waals surface area contributed by atoms with E-state index in [0.717, 1.165) is 36.9 Å². The van der Waals surface area contributed by atoms with Crippen LogP contribution in [0.3, 0.4) is 0 Å². The van der Waals surface area contributed by atoms with E-state index < -0.39 is 15.8 Å². The van der Waals surface area contributed by atoms with Crippen LogP contribution in [0.2, 0.25) is 0 Å². The second kappa shape index (κ2) is 7.15. The Balaban J connectivity index is 1.74. The Morgan fingerprint density at radius 3 is 2.64 bits per heavy atom. The largest absolute Gasteiger partial charge is 0.337 e. The van der Waals surface area contributed by atoms with E-state index in [4.69, 9.17) is 4.52 Å². The summed E-state index contributed by atoms with van der Waals surface area (Å²) in [5.74, 6) is -0.235. The van der Waals surface area contributed by atoms with Crippen LogP contribution in [0.5, 0.6) is 0 Å². The molecule has 0 atom stereocenters. The molecule has 2 aromatic rings. The zero-order valence-corrected chi connectivity index (χ0v) is 15.3. The molecule has 0 amide bonds. The number of rotatable bonds is 5. The maximum atomic E-state index is 13.6. The van der Waals surface area contributed by atoms with Gasteiger partial charge < -0.3 is 4.52 Å². The van der Waals surface area contributed by atoms with E-state index in [9.17, 15) is 12.8 Å². The number of benzene rings is 1. The fourth-order valence-corrected chi connectivity index (χ4v) is 4.49. The lowest BCUT2D eigenvalue weighted by Gasteiger charge is -2.19. The van der Waals surface area contributed by atoms with Crippen molar-refractivity contribution in [2.24, 2.45) is 0 Å². The fraction of sp³-hybridized carbons (Fsp3) is 0.500. The number of hydrogen-bond acceptors (Lipinski definition) is 4. The smallest absolute Gasteiger partial charge is 0.241 e. The van der Waals surface area contributed by atoms with Gasteiger partial charge in [-0.1, -0.05) is 36.6 Å². The minimum absolute atomic E-state index is 0.160. The molecule has 0 aliphatic heterocycles. The van der Waals surface area contributed by atoms with E-state index in [1.165, 1.54) is 12.5 Å².